The van der Waals surface area contributed by atoms with Crippen molar-refractivity contribution in [1.29, 1.82) is 5.41 Å². The molecule has 38 heavy (non-hydrogen) atoms. The third kappa shape index (κ3) is 5.05. The Morgan fingerprint density at radius 2 is 1.79 bits per heavy atom. The Hall–Kier alpha value is -4.02. The van der Waals surface area contributed by atoms with Gasteiger partial charge in [0.1, 0.15) is 17.3 Å². The minimum absolute atomic E-state index is 0.109. The Bertz CT molecular complexity index is 1370. The van der Waals surface area contributed by atoms with E-state index in [2.05, 4.69) is 5.32 Å². The second-order valence-corrected chi connectivity index (χ2v) is 10.5. The van der Waals surface area contributed by atoms with E-state index in [1.165, 1.54) is 11.3 Å². The van der Waals surface area contributed by atoms with Crippen LogP contribution in [0.2, 0.25) is 0 Å². The maximum atomic E-state index is 13.4. The van der Waals surface area contributed by atoms with Crippen LogP contribution in [-0.2, 0) is 9.53 Å². The molecule has 1 saturated heterocycles. The van der Waals surface area contributed by atoms with Gasteiger partial charge in [-0.05, 0) is 55.3 Å². The van der Waals surface area contributed by atoms with Crippen molar-refractivity contribution in [2.24, 2.45) is 11.1 Å². The standard InChI is InChI=1S/C28H28N4O5S/c1-36-16-28-12-21(25(34)22-11-18(15-38-22)26(29)30)32(23(28)13-28)24(33)14-31-27(35)17-7-9-20(10-8-17)37-19-5-3-2-4-6-19/h2-11,15,21,23H,12-14,16H2,1H3,(H3,29,30)(H,31,35)/t21-,23-,28+/m0/s1. The Kier molecular flexibility index (Phi) is 7.00. The first kappa shape index (κ1) is 25.6. The molecule has 196 valence electrons. The number of rotatable bonds is 10. The Labute approximate surface area is 224 Å². The van der Waals surface area contributed by atoms with Crippen LogP contribution in [0.25, 0.3) is 0 Å². The minimum Gasteiger partial charge on any atom is -0.457 e. The molecule has 1 aromatic heterocycles. The lowest BCUT2D eigenvalue weighted by atomic mass is 9.97. The molecule has 3 atom stereocenters. The number of fused-ring (bicyclic) bond motifs is 1. The molecular formula is C28H28N4O5S. The Balaban J connectivity index is 1.24. The van der Waals surface area contributed by atoms with E-state index in [-0.39, 0.29) is 35.5 Å². The van der Waals surface area contributed by atoms with Crippen LogP contribution in [0, 0.1) is 10.8 Å². The zero-order valence-corrected chi connectivity index (χ0v) is 21.6. The molecule has 2 fully saturated rings. The highest BCUT2D eigenvalue weighted by Gasteiger charge is 2.67. The molecule has 10 heteroatoms. The van der Waals surface area contributed by atoms with E-state index in [1.54, 1.807) is 47.7 Å². The number of piperidine rings is 1. The molecule has 2 amide bonds. The number of thiophene rings is 1. The van der Waals surface area contributed by atoms with Crippen LogP contribution in [0.3, 0.4) is 0 Å². The third-order valence-corrected chi connectivity index (χ3v) is 8.03. The summed E-state index contributed by atoms with van der Waals surface area (Å²) in [6.07, 6.45) is 1.26. The molecule has 2 aromatic carbocycles. The molecular weight excluding hydrogens is 504 g/mol. The number of amidine groups is 1. The normalized spacial score (nSPS) is 21.4. The summed E-state index contributed by atoms with van der Waals surface area (Å²) in [7, 11) is 1.61. The lowest BCUT2D eigenvalue weighted by molar-refractivity contribution is -0.131. The monoisotopic (exact) mass is 532 g/mol. The third-order valence-electron chi connectivity index (χ3n) is 7.09. The highest BCUT2D eigenvalue weighted by Crippen LogP contribution is 2.60. The number of carbonyl (C=O) groups excluding carboxylic acids is 3. The summed E-state index contributed by atoms with van der Waals surface area (Å²) < 4.78 is 11.2. The van der Waals surface area contributed by atoms with Gasteiger partial charge in [-0.1, -0.05) is 18.2 Å². The van der Waals surface area contributed by atoms with E-state index < -0.39 is 11.9 Å². The lowest BCUT2D eigenvalue weighted by Gasteiger charge is -2.26. The van der Waals surface area contributed by atoms with Crippen molar-refractivity contribution in [3.8, 4) is 11.5 Å². The number of benzene rings is 2. The van der Waals surface area contributed by atoms with E-state index in [1.807, 2.05) is 30.3 Å². The summed E-state index contributed by atoms with van der Waals surface area (Å²) in [5, 5.41) is 12.0. The summed E-state index contributed by atoms with van der Waals surface area (Å²) >= 11 is 1.21. The van der Waals surface area contributed by atoms with Gasteiger partial charge in [-0.3, -0.25) is 19.8 Å². The van der Waals surface area contributed by atoms with Gasteiger partial charge in [0.05, 0.1) is 24.1 Å². The predicted octanol–water partition coefficient (Wildman–Crippen LogP) is 3.44. The first-order chi connectivity index (χ1) is 18.3. The van der Waals surface area contributed by atoms with Gasteiger partial charge in [0.25, 0.3) is 5.91 Å². The van der Waals surface area contributed by atoms with Gasteiger partial charge in [-0.15, -0.1) is 11.3 Å². The van der Waals surface area contributed by atoms with Gasteiger partial charge in [0.15, 0.2) is 5.78 Å². The molecule has 0 unspecified atom stereocenters. The molecule has 0 radical (unpaired) electrons. The smallest absolute Gasteiger partial charge is 0.251 e. The fourth-order valence-electron chi connectivity index (χ4n) is 5.13. The van der Waals surface area contributed by atoms with Crippen molar-refractivity contribution in [2.45, 2.75) is 24.9 Å². The van der Waals surface area contributed by atoms with E-state index >= 15 is 0 Å². The van der Waals surface area contributed by atoms with Crippen LogP contribution in [0.15, 0.2) is 66.0 Å². The van der Waals surface area contributed by atoms with Crippen LogP contribution in [0.5, 0.6) is 11.5 Å². The number of nitrogens with one attached hydrogen (secondary N) is 2. The second kappa shape index (κ2) is 10.4. The summed E-state index contributed by atoms with van der Waals surface area (Å²) in [6, 6.07) is 16.8. The van der Waals surface area contributed by atoms with Gasteiger partial charge in [0, 0.05) is 35.1 Å². The molecule has 2 aliphatic rings. The van der Waals surface area contributed by atoms with Crippen molar-refractivity contribution in [2.75, 3.05) is 20.3 Å². The second-order valence-electron chi connectivity index (χ2n) is 9.64. The number of ketones is 1. The molecule has 4 N–H and O–H groups in total. The fourth-order valence-corrected chi connectivity index (χ4v) is 6.02. The van der Waals surface area contributed by atoms with Gasteiger partial charge in [-0.2, -0.15) is 0 Å². The molecule has 9 nitrogen and oxygen atoms in total. The van der Waals surface area contributed by atoms with Gasteiger partial charge < -0.3 is 25.4 Å². The van der Waals surface area contributed by atoms with Gasteiger partial charge in [-0.25, -0.2) is 0 Å². The molecule has 5 rings (SSSR count). The van der Waals surface area contributed by atoms with E-state index in [0.717, 1.165) is 6.42 Å². The number of ether oxygens (including phenoxy) is 2. The number of nitrogen functional groups attached to an aromatic ring is 1. The fraction of sp³-hybridized carbons (Fsp3) is 0.286. The molecule has 0 spiro atoms. The molecule has 3 aromatic rings. The SMILES string of the molecule is COC[C@@]12C[C@@H]1N(C(=O)CNC(=O)c1ccc(Oc3ccccc3)cc1)[C@H](C(=O)c1cc(C(=N)N)cs1)C2. The average Bonchev–Trinajstić information content (AvgIpc) is 3.26. The summed E-state index contributed by atoms with van der Waals surface area (Å²) in [6.45, 7) is 0.228. The zero-order chi connectivity index (χ0) is 26.9. The summed E-state index contributed by atoms with van der Waals surface area (Å²) in [5.74, 6) is 0.279. The number of Topliss-reactive ketones (excluding diaryl/α,β-unsaturated/α-hetero) is 1. The van der Waals surface area contributed by atoms with E-state index in [0.29, 0.717) is 40.5 Å². The van der Waals surface area contributed by atoms with Crippen LogP contribution < -0.4 is 15.8 Å². The Morgan fingerprint density at radius 3 is 2.45 bits per heavy atom. The number of methoxy groups -OCH3 is 1. The topological polar surface area (TPSA) is 135 Å². The number of amides is 2. The van der Waals surface area contributed by atoms with Crippen LogP contribution >= 0.6 is 11.3 Å². The molecule has 1 aliphatic carbocycles. The van der Waals surface area contributed by atoms with Crippen molar-refractivity contribution in [3.63, 3.8) is 0 Å². The quantitative estimate of drug-likeness (QED) is 0.208. The minimum atomic E-state index is -0.652. The first-order valence-electron chi connectivity index (χ1n) is 12.2. The van der Waals surface area contributed by atoms with Gasteiger partial charge in [0.2, 0.25) is 5.91 Å². The maximum Gasteiger partial charge on any atom is 0.251 e. The molecule has 1 aliphatic heterocycles. The van der Waals surface area contributed by atoms with Crippen LogP contribution in [0.1, 0.15) is 38.4 Å². The molecule has 2 heterocycles. The number of hydrogen-bond acceptors (Lipinski definition) is 7. The highest BCUT2D eigenvalue weighted by molar-refractivity contribution is 7.12. The molecule has 1 saturated carbocycles. The number of hydrogen-bond donors (Lipinski definition) is 3. The number of nitrogens with two attached hydrogens (primary N) is 1. The lowest BCUT2D eigenvalue weighted by Crippen LogP contribution is -2.47. The highest BCUT2D eigenvalue weighted by atomic mass is 32.1. The van der Waals surface area contributed by atoms with E-state index in [4.69, 9.17) is 20.6 Å². The van der Waals surface area contributed by atoms with Crippen molar-refractivity contribution < 1.29 is 23.9 Å². The average molecular weight is 533 g/mol. The van der Waals surface area contributed by atoms with Crippen LogP contribution in [-0.4, -0.2) is 60.7 Å². The summed E-state index contributed by atoms with van der Waals surface area (Å²) in [4.78, 5) is 41.6. The largest absolute Gasteiger partial charge is 0.457 e. The maximum absolute atomic E-state index is 13.4. The number of carbonyl (C=O) groups is 3. The van der Waals surface area contributed by atoms with E-state index in [9.17, 15) is 14.4 Å². The Morgan fingerprint density at radius 1 is 1.08 bits per heavy atom. The first-order valence-corrected chi connectivity index (χ1v) is 13.1. The zero-order valence-electron chi connectivity index (χ0n) is 20.8. The predicted molar refractivity (Wildman–Crippen MR) is 143 cm³/mol. The molecule has 0 bridgehead atoms. The van der Waals surface area contributed by atoms with Crippen LogP contribution in [0.4, 0.5) is 0 Å². The van der Waals surface area contributed by atoms with Crippen molar-refractivity contribution in [3.05, 3.63) is 82.0 Å². The summed E-state index contributed by atoms with van der Waals surface area (Å²) in [5.41, 5.74) is 6.19. The van der Waals surface area contributed by atoms with Crippen molar-refractivity contribution in [1.82, 2.24) is 10.2 Å². The number of likely N-dealkylation sites (tertiary alicyclic amines) is 1. The number of para-hydroxylation sites is 1. The van der Waals surface area contributed by atoms with Gasteiger partial charge >= 0.3 is 0 Å². The number of nitrogens with zero attached hydrogens (tertiary/aromatic N) is 1. The van der Waals surface area contributed by atoms with Crippen molar-refractivity contribution >= 4 is 34.8 Å².